The van der Waals surface area contributed by atoms with Crippen LogP contribution in [0.1, 0.15) is 12.8 Å². The van der Waals surface area contributed by atoms with Crippen molar-refractivity contribution in [1.29, 1.82) is 0 Å². The normalized spacial score (nSPS) is 73.3. The minimum atomic E-state index is 0.826. The number of hydrogen-bond acceptors (Lipinski definition) is 1. The third-order valence-corrected chi connectivity index (χ3v) is 3.27. The molecule has 7 heavy (non-hydrogen) atoms. The van der Waals surface area contributed by atoms with Crippen molar-refractivity contribution in [3.05, 3.63) is 0 Å². The molecule has 0 amide bonds. The van der Waals surface area contributed by atoms with E-state index < -0.39 is 0 Å². The first kappa shape index (κ1) is 3.08. The summed E-state index contributed by atoms with van der Waals surface area (Å²) in [4.78, 5) is 2.51. The number of nitrogens with zero attached hydrogens (tertiary/aromatic N) is 1. The Kier molecular flexibility index (Phi) is 0.200. The molecule has 0 aromatic rings. The van der Waals surface area contributed by atoms with Crippen molar-refractivity contribution < 1.29 is 0 Å². The van der Waals surface area contributed by atoms with E-state index in [1.54, 1.807) is 0 Å². The first-order chi connectivity index (χ1) is 3.29. The Morgan fingerprint density at radius 3 is 2.14 bits per heavy atom. The van der Waals surface area contributed by atoms with Crippen molar-refractivity contribution in [3.8, 4) is 0 Å². The molecule has 38 valence electrons. The van der Waals surface area contributed by atoms with Gasteiger partial charge in [-0.15, -0.1) is 0 Å². The van der Waals surface area contributed by atoms with E-state index in [0.717, 1.165) is 11.0 Å². The molecule has 1 aliphatic heterocycles. The van der Waals surface area contributed by atoms with Crippen LogP contribution in [0.5, 0.6) is 0 Å². The van der Waals surface area contributed by atoms with Crippen LogP contribution >= 0.6 is 0 Å². The highest BCUT2D eigenvalue weighted by Gasteiger charge is 2.91. The Hall–Kier alpha value is -0.0400. The summed E-state index contributed by atoms with van der Waals surface area (Å²) in [5.41, 5.74) is 1.76. The molecule has 0 atom stereocenters. The molecule has 3 rings (SSSR count). The maximum absolute atomic E-state index is 2.51. The summed E-state index contributed by atoms with van der Waals surface area (Å²) in [6.07, 6.45) is 3.08. The van der Waals surface area contributed by atoms with Gasteiger partial charge in [0.1, 0.15) is 0 Å². The minimum Gasteiger partial charge on any atom is -0.299 e. The first-order valence-corrected chi connectivity index (χ1v) is 3.00. The highest BCUT2D eigenvalue weighted by atomic mass is 15.4. The molecule has 0 bridgehead atoms. The van der Waals surface area contributed by atoms with Gasteiger partial charge in [-0.2, -0.15) is 0 Å². The lowest BCUT2D eigenvalue weighted by atomic mass is 10.2. The molecule has 1 heteroatoms. The minimum absolute atomic E-state index is 0.826. The predicted molar refractivity (Wildman–Crippen MR) is 27.0 cm³/mol. The number of hydrogen-bond donors (Lipinski definition) is 0. The Labute approximate surface area is 43.3 Å². The summed E-state index contributed by atoms with van der Waals surface area (Å²) in [5, 5.41) is 0. The van der Waals surface area contributed by atoms with E-state index in [0.29, 0.717) is 0 Å². The van der Waals surface area contributed by atoms with Crippen molar-refractivity contribution >= 4 is 0 Å². The maximum atomic E-state index is 2.51. The van der Waals surface area contributed by atoms with Crippen molar-refractivity contribution in [2.45, 2.75) is 18.4 Å². The van der Waals surface area contributed by atoms with Crippen molar-refractivity contribution in [3.63, 3.8) is 0 Å². The first-order valence-electron chi connectivity index (χ1n) is 3.00. The molecule has 3 aliphatic rings. The van der Waals surface area contributed by atoms with Crippen LogP contribution in [0.4, 0.5) is 0 Å². The van der Waals surface area contributed by atoms with Crippen LogP contribution in [0.25, 0.3) is 0 Å². The molecule has 3 fully saturated rings. The molecule has 1 heterocycles. The summed E-state index contributed by atoms with van der Waals surface area (Å²) in [6, 6.07) is 0. The van der Waals surface area contributed by atoms with Gasteiger partial charge in [0.2, 0.25) is 0 Å². The SMILES string of the molecule is CN1CC23CC12C3. The molecule has 1 saturated heterocycles. The van der Waals surface area contributed by atoms with Crippen LogP contribution in [0.3, 0.4) is 0 Å². The van der Waals surface area contributed by atoms with Crippen LogP contribution in [-0.2, 0) is 0 Å². The highest BCUT2D eigenvalue weighted by molar-refractivity contribution is 5.46. The summed E-state index contributed by atoms with van der Waals surface area (Å²) in [6.45, 7) is 1.41. The Bertz CT molecular complexity index is 144. The van der Waals surface area contributed by atoms with Crippen LogP contribution in [-0.4, -0.2) is 24.0 Å². The van der Waals surface area contributed by atoms with E-state index in [-0.39, 0.29) is 0 Å². The molecule has 2 saturated carbocycles. The Morgan fingerprint density at radius 2 is 2.14 bits per heavy atom. The molecule has 0 radical (unpaired) electrons. The molecule has 0 N–H and O–H groups in total. The third-order valence-electron chi connectivity index (χ3n) is 3.27. The maximum Gasteiger partial charge on any atom is 0.0289 e. The van der Waals surface area contributed by atoms with Crippen molar-refractivity contribution in [2.75, 3.05) is 13.6 Å². The molecule has 2 aliphatic carbocycles. The van der Waals surface area contributed by atoms with Gasteiger partial charge in [-0.1, -0.05) is 0 Å². The fraction of sp³-hybridized carbons (Fsp3) is 1.00. The van der Waals surface area contributed by atoms with E-state index in [2.05, 4.69) is 11.9 Å². The van der Waals surface area contributed by atoms with E-state index in [9.17, 15) is 0 Å². The van der Waals surface area contributed by atoms with Crippen LogP contribution in [0, 0.1) is 5.41 Å². The third kappa shape index (κ3) is 0.120. The summed E-state index contributed by atoms with van der Waals surface area (Å²) in [7, 11) is 2.25. The molecule has 0 aromatic carbocycles. The zero-order chi connectivity index (χ0) is 4.70. The number of likely N-dealkylation sites (tertiary alicyclic amines) is 1. The van der Waals surface area contributed by atoms with Crippen LogP contribution in [0.15, 0.2) is 0 Å². The lowest BCUT2D eigenvalue weighted by Crippen LogP contribution is -2.35. The summed E-state index contributed by atoms with van der Waals surface area (Å²) < 4.78 is 0. The standard InChI is InChI=1S/C6H9N/c1-7-4-5-2-6(5,7)3-5/h2-4H2,1H3. The lowest BCUT2D eigenvalue weighted by molar-refractivity contribution is 0.212. The Balaban J connectivity index is 2.14. The average molecular weight is 95.1 g/mol. The van der Waals surface area contributed by atoms with Gasteiger partial charge in [-0.25, -0.2) is 0 Å². The van der Waals surface area contributed by atoms with Gasteiger partial charge in [-0.3, -0.25) is 4.90 Å². The van der Waals surface area contributed by atoms with Gasteiger partial charge in [-0.05, 0) is 19.9 Å². The second-order valence-electron chi connectivity index (χ2n) is 3.52. The highest BCUT2D eigenvalue weighted by Crippen LogP contribution is 2.88. The van der Waals surface area contributed by atoms with Gasteiger partial charge < -0.3 is 0 Å². The number of rotatable bonds is 0. The smallest absolute Gasteiger partial charge is 0.0289 e. The second-order valence-corrected chi connectivity index (χ2v) is 3.52. The van der Waals surface area contributed by atoms with Gasteiger partial charge in [0.05, 0.1) is 0 Å². The van der Waals surface area contributed by atoms with Crippen LogP contribution in [0.2, 0.25) is 0 Å². The quantitative estimate of drug-likeness (QED) is 0.422. The van der Waals surface area contributed by atoms with E-state index in [4.69, 9.17) is 0 Å². The second kappa shape index (κ2) is 0.455. The van der Waals surface area contributed by atoms with E-state index in [1.807, 2.05) is 0 Å². The zero-order valence-electron chi connectivity index (χ0n) is 4.57. The van der Waals surface area contributed by atoms with E-state index >= 15 is 0 Å². The van der Waals surface area contributed by atoms with Gasteiger partial charge in [0, 0.05) is 17.5 Å². The molecule has 1 nitrogen and oxygen atoms in total. The molecular weight excluding hydrogens is 86.1 g/mol. The topological polar surface area (TPSA) is 3.24 Å². The Morgan fingerprint density at radius 1 is 1.43 bits per heavy atom. The molecule has 0 unspecified atom stereocenters. The zero-order valence-corrected chi connectivity index (χ0v) is 4.57. The molecule has 0 spiro atoms. The fourth-order valence-electron chi connectivity index (χ4n) is 2.43. The van der Waals surface area contributed by atoms with Crippen LogP contribution < -0.4 is 0 Å². The van der Waals surface area contributed by atoms with Crippen molar-refractivity contribution in [1.82, 2.24) is 4.90 Å². The predicted octanol–water partition coefficient (Wildman–Crippen LogP) is 0.464. The summed E-state index contributed by atoms with van der Waals surface area (Å²) in [5.74, 6) is 0. The largest absolute Gasteiger partial charge is 0.299 e. The van der Waals surface area contributed by atoms with Gasteiger partial charge in [0.25, 0.3) is 0 Å². The molecule has 0 aromatic heterocycles. The average Bonchev–Trinajstić information content (AvgIpc) is 2.15. The van der Waals surface area contributed by atoms with E-state index in [1.165, 1.54) is 19.4 Å². The van der Waals surface area contributed by atoms with Gasteiger partial charge in [0.15, 0.2) is 0 Å². The molecular formula is C6H9N. The lowest BCUT2D eigenvalue weighted by Gasteiger charge is -2.23. The monoisotopic (exact) mass is 95.1 g/mol. The fourth-order valence-corrected chi connectivity index (χ4v) is 2.43. The van der Waals surface area contributed by atoms with Crippen molar-refractivity contribution in [2.24, 2.45) is 5.41 Å². The van der Waals surface area contributed by atoms with Gasteiger partial charge >= 0.3 is 0 Å². The summed E-state index contributed by atoms with van der Waals surface area (Å²) >= 11 is 0.